The molecule has 9 nitrogen and oxygen atoms in total. The van der Waals surface area contributed by atoms with E-state index in [1.165, 1.54) is 19.3 Å². The van der Waals surface area contributed by atoms with Crippen LogP contribution in [-0.4, -0.2) is 65.9 Å². The smallest absolute Gasteiger partial charge is 0.287 e. The lowest BCUT2D eigenvalue weighted by molar-refractivity contribution is -0.384. The van der Waals surface area contributed by atoms with Crippen LogP contribution in [0.1, 0.15) is 10.5 Å². The molecule has 1 fully saturated rings. The van der Waals surface area contributed by atoms with E-state index < -0.39 is 11.0 Å². The van der Waals surface area contributed by atoms with Gasteiger partial charge in [0.1, 0.15) is 6.04 Å². The van der Waals surface area contributed by atoms with Gasteiger partial charge < -0.3 is 15.0 Å². The van der Waals surface area contributed by atoms with Crippen molar-refractivity contribution >= 4 is 17.4 Å². The van der Waals surface area contributed by atoms with E-state index in [4.69, 9.17) is 4.74 Å². The van der Waals surface area contributed by atoms with Crippen LogP contribution in [0.5, 0.6) is 0 Å². The van der Waals surface area contributed by atoms with Gasteiger partial charge in [0.2, 0.25) is 5.91 Å². The minimum absolute atomic E-state index is 0.000879. The van der Waals surface area contributed by atoms with E-state index in [9.17, 15) is 19.7 Å². The van der Waals surface area contributed by atoms with Crippen molar-refractivity contribution in [1.82, 2.24) is 15.2 Å². The van der Waals surface area contributed by atoms with Gasteiger partial charge in [-0.25, -0.2) is 0 Å². The van der Waals surface area contributed by atoms with Gasteiger partial charge in [0.15, 0.2) is 5.78 Å². The number of rotatable bonds is 5. The molecule has 1 unspecified atom stereocenters. The van der Waals surface area contributed by atoms with Crippen molar-refractivity contribution < 1.29 is 19.2 Å². The predicted molar refractivity (Wildman–Crippen MR) is 72.0 cm³/mol. The third-order valence-corrected chi connectivity index (χ3v) is 3.31. The minimum Gasteiger partial charge on any atom is -0.378 e. The molecule has 9 heteroatoms. The summed E-state index contributed by atoms with van der Waals surface area (Å²) in [6, 6.07) is 0.662. The average Bonchev–Trinajstić information content (AvgIpc) is 2.97. The number of nitro groups is 1. The summed E-state index contributed by atoms with van der Waals surface area (Å²) in [5.74, 6) is -0.529. The Bertz CT molecular complexity index is 556. The van der Waals surface area contributed by atoms with Gasteiger partial charge in [-0.05, 0) is 0 Å². The van der Waals surface area contributed by atoms with Crippen LogP contribution in [0.2, 0.25) is 0 Å². The molecular weight excluding hydrogens is 280 g/mol. The SMILES string of the molecule is CNC(=O)C1COCCN1CC(=O)c1cc([N+](=O)[O-])c[nH]1. The number of nitrogens with one attached hydrogen (secondary N) is 2. The van der Waals surface area contributed by atoms with E-state index in [-0.39, 0.29) is 36.2 Å². The summed E-state index contributed by atoms with van der Waals surface area (Å²) >= 11 is 0. The first-order chi connectivity index (χ1) is 10.0. The summed E-state index contributed by atoms with van der Waals surface area (Å²) < 4.78 is 5.25. The summed E-state index contributed by atoms with van der Waals surface area (Å²) in [5.41, 5.74) is -0.00738. The summed E-state index contributed by atoms with van der Waals surface area (Å²) in [6.45, 7) is 1.11. The van der Waals surface area contributed by atoms with Crippen molar-refractivity contribution in [2.75, 3.05) is 33.4 Å². The number of aromatic amines is 1. The molecule has 1 amide bonds. The summed E-state index contributed by atoms with van der Waals surface area (Å²) in [4.78, 5) is 38.2. The molecule has 1 aliphatic rings. The third-order valence-electron chi connectivity index (χ3n) is 3.31. The quantitative estimate of drug-likeness (QED) is 0.432. The van der Waals surface area contributed by atoms with Crippen molar-refractivity contribution in [1.29, 1.82) is 0 Å². The Morgan fingerprint density at radius 1 is 1.62 bits per heavy atom. The number of hydrogen-bond donors (Lipinski definition) is 2. The van der Waals surface area contributed by atoms with Crippen LogP contribution in [0.15, 0.2) is 12.3 Å². The fourth-order valence-electron chi connectivity index (χ4n) is 2.15. The van der Waals surface area contributed by atoms with E-state index in [0.29, 0.717) is 13.2 Å². The van der Waals surface area contributed by atoms with E-state index >= 15 is 0 Å². The maximum Gasteiger partial charge on any atom is 0.287 e. The zero-order chi connectivity index (χ0) is 15.4. The summed E-state index contributed by atoms with van der Waals surface area (Å²) in [5, 5.41) is 13.1. The lowest BCUT2D eigenvalue weighted by Gasteiger charge is -2.33. The first-order valence-electron chi connectivity index (χ1n) is 6.42. The third kappa shape index (κ3) is 3.44. The highest BCUT2D eigenvalue weighted by molar-refractivity contribution is 5.97. The summed E-state index contributed by atoms with van der Waals surface area (Å²) in [6.07, 6.45) is 1.17. The molecule has 0 aliphatic carbocycles. The van der Waals surface area contributed by atoms with Gasteiger partial charge in [-0.2, -0.15) is 0 Å². The number of H-pyrrole nitrogens is 1. The van der Waals surface area contributed by atoms with Crippen LogP contribution in [0.3, 0.4) is 0 Å². The van der Waals surface area contributed by atoms with Gasteiger partial charge in [-0.3, -0.25) is 24.6 Å². The van der Waals surface area contributed by atoms with Crippen LogP contribution in [0.25, 0.3) is 0 Å². The molecule has 0 aromatic carbocycles. The first-order valence-corrected chi connectivity index (χ1v) is 6.42. The van der Waals surface area contributed by atoms with E-state index in [1.807, 2.05) is 0 Å². The molecule has 114 valence electrons. The topological polar surface area (TPSA) is 118 Å². The second kappa shape index (κ2) is 6.46. The lowest BCUT2D eigenvalue weighted by atomic mass is 10.1. The van der Waals surface area contributed by atoms with Crippen LogP contribution >= 0.6 is 0 Å². The number of ether oxygens (including phenoxy) is 1. The second-order valence-electron chi connectivity index (χ2n) is 4.63. The molecule has 0 bridgehead atoms. The number of carbonyl (C=O) groups is 2. The largest absolute Gasteiger partial charge is 0.378 e. The average molecular weight is 296 g/mol. The van der Waals surface area contributed by atoms with Crippen molar-refractivity contribution in [3.8, 4) is 0 Å². The standard InChI is InChI=1S/C12H16N4O5/c1-13-12(18)10-7-21-3-2-15(10)6-11(17)9-4-8(5-14-9)16(19)20/h4-5,10,14H,2-3,6-7H2,1H3,(H,13,18). The molecule has 0 spiro atoms. The molecule has 21 heavy (non-hydrogen) atoms. The molecule has 2 N–H and O–H groups in total. The second-order valence-corrected chi connectivity index (χ2v) is 4.63. The van der Waals surface area contributed by atoms with Crippen molar-refractivity contribution in [2.24, 2.45) is 0 Å². The molecule has 1 atom stereocenters. The molecule has 0 radical (unpaired) electrons. The number of carbonyl (C=O) groups excluding carboxylic acids is 2. The maximum atomic E-state index is 12.1. The number of ketones is 1. The Balaban J connectivity index is 2.05. The van der Waals surface area contributed by atoms with Crippen LogP contribution in [0, 0.1) is 10.1 Å². The fraction of sp³-hybridized carbons (Fsp3) is 0.500. The van der Waals surface area contributed by atoms with Crippen molar-refractivity contribution in [3.05, 3.63) is 28.1 Å². The molecule has 2 heterocycles. The van der Waals surface area contributed by atoms with Crippen LogP contribution in [-0.2, 0) is 9.53 Å². The van der Waals surface area contributed by atoms with Crippen molar-refractivity contribution in [2.45, 2.75) is 6.04 Å². The monoisotopic (exact) mass is 296 g/mol. The number of amides is 1. The molecule has 1 saturated heterocycles. The highest BCUT2D eigenvalue weighted by Gasteiger charge is 2.30. The Morgan fingerprint density at radius 2 is 2.38 bits per heavy atom. The molecule has 1 aromatic heterocycles. The van der Waals surface area contributed by atoms with Gasteiger partial charge in [-0.1, -0.05) is 0 Å². The van der Waals surface area contributed by atoms with Gasteiger partial charge >= 0.3 is 0 Å². The zero-order valence-corrected chi connectivity index (χ0v) is 11.5. The number of morpholine rings is 1. The summed E-state index contributed by atoms with van der Waals surface area (Å²) in [7, 11) is 1.52. The minimum atomic E-state index is -0.574. The molecule has 0 saturated carbocycles. The predicted octanol–water partition coefficient (Wildman–Crippen LogP) is -0.448. The Hall–Kier alpha value is -2.26. The van der Waals surface area contributed by atoms with E-state index in [0.717, 1.165) is 0 Å². The Morgan fingerprint density at radius 3 is 3.00 bits per heavy atom. The van der Waals surface area contributed by atoms with Crippen LogP contribution < -0.4 is 5.32 Å². The Kier molecular flexibility index (Phi) is 4.66. The molecular formula is C12H16N4O5. The van der Waals surface area contributed by atoms with Gasteiger partial charge in [-0.15, -0.1) is 0 Å². The number of nitrogens with zero attached hydrogens (tertiary/aromatic N) is 2. The molecule has 1 aromatic rings. The highest BCUT2D eigenvalue weighted by atomic mass is 16.6. The number of hydrogen-bond acceptors (Lipinski definition) is 6. The van der Waals surface area contributed by atoms with E-state index in [2.05, 4.69) is 10.3 Å². The number of Topliss-reactive ketones (excluding diaryl/α,β-unsaturated/α-hetero) is 1. The fourth-order valence-corrected chi connectivity index (χ4v) is 2.15. The van der Waals surface area contributed by atoms with Gasteiger partial charge in [0.05, 0.1) is 36.6 Å². The Labute approximate surface area is 120 Å². The highest BCUT2D eigenvalue weighted by Crippen LogP contribution is 2.14. The van der Waals surface area contributed by atoms with E-state index in [1.54, 1.807) is 4.90 Å². The lowest BCUT2D eigenvalue weighted by Crippen LogP contribution is -2.54. The van der Waals surface area contributed by atoms with Crippen molar-refractivity contribution in [3.63, 3.8) is 0 Å². The maximum absolute atomic E-state index is 12.1. The van der Waals surface area contributed by atoms with Crippen LogP contribution in [0.4, 0.5) is 5.69 Å². The first kappa shape index (κ1) is 15.1. The molecule has 2 rings (SSSR count). The van der Waals surface area contributed by atoms with Gasteiger partial charge in [0, 0.05) is 19.7 Å². The van der Waals surface area contributed by atoms with Gasteiger partial charge in [0.25, 0.3) is 5.69 Å². The zero-order valence-electron chi connectivity index (χ0n) is 11.5. The number of aromatic nitrogens is 1. The number of likely N-dealkylation sites (N-methyl/N-ethyl adjacent to an activating group) is 1. The molecule has 1 aliphatic heterocycles. The normalized spacial score (nSPS) is 19.2.